The molecule has 3 heterocycles. The zero-order valence-corrected chi connectivity index (χ0v) is 17.6. The van der Waals surface area contributed by atoms with Crippen LogP contribution < -0.4 is 0 Å². The second-order valence-electron chi connectivity index (χ2n) is 6.21. The van der Waals surface area contributed by atoms with Gasteiger partial charge in [0.15, 0.2) is 0 Å². The molecule has 0 aliphatic rings. The second-order valence-corrected chi connectivity index (χ2v) is 8.27. The average Bonchev–Trinajstić information content (AvgIpc) is 3.43. The van der Waals surface area contributed by atoms with E-state index < -0.39 is 0 Å². The highest BCUT2D eigenvalue weighted by atomic mass is 32.1. The first-order chi connectivity index (χ1) is 13.6. The van der Waals surface area contributed by atoms with E-state index in [1.54, 1.807) is 50.7 Å². The molecule has 3 aromatic heterocycles. The van der Waals surface area contributed by atoms with E-state index in [4.69, 9.17) is 0 Å². The lowest BCUT2D eigenvalue weighted by molar-refractivity contribution is 0.0740. The third-order valence-electron chi connectivity index (χ3n) is 4.38. The number of hydrogen-bond acceptors (Lipinski definition) is 5. The zero-order chi connectivity index (χ0) is 19.9. The lowest BCUT2D eigenvalue weighted by atomic mass is 10.2. The van der Waals surface area contributed by atoms with Gasteiger partial charge in [0.25, 0.3) is 11.8 Å². The Labute approximate surface area is 173 Å². The molecule has 0 saturated carbocycles. The van der Waals surface area contributed by atoms with E-state index in [1.165, 1.54) is 0 Å². The van der Waals surface area contributed by atoms with Crippen LogP contribution in [0.1, 0.15) is 44.6 Å². The minimum absolute atomic E-state index is 0.160. The Morgan fingerprint density at radius 1 is 0.786 bits per heavy atom. The summed E-state index contributed by atoms with van der Waals surface area (Å²) in [5.74, 6) is -0.321. The summed E-state index contributed by atoms with van der Waals surface area (Å²) in [6.07, 6.45) is 0. The fourth-order valence-corrected chi connectivity index (χ4v) is 4.27. The lowest BCUT2D eigenvalue weighted by Gasteiger charge is -2.21. The van der Waals surface area contributed by atoms with E-state index >= 15 is 0 Å². The molecule has 7 heteroatoms. The van der Waals surface area contributed by atoms with Crippen LogP contribution >= 0.6 is 22.7 Å². The van der Waals surface area contributed by atoms with Crippen LogP contribution in [-0.4, -0.2) is 39.7 Å². The highest BCUT2D eigenvalue weighted by Crippen LogP contribution is 2.16. The topological polar surface area (TPSA) is 53.5 Å². The highest BCUT2D eigenvalue weighted by Gasteiger charge is 2.21. The maximum absolute atomic E-state index is 12.9. The number of carbonyl (C=O) groups excluding carboxylic acids is 2. The van der Waals surface area contributed by atoms with Crippen LogP contribution in [0.2, 0.25) is 0 Å². The molecule has 0 bridgehead atoms. The summed E-state index contributed by atoms with van der Waals surface area (Å²) >= 11 is 3.24. The van der Waals surface area contributed by atoms with Crippen LogP contribution in [0, 0.1) is 0 Å². The predicted octanol–water partition coefficient (Wildman–Crippen LogP) is 4.53. The van der Waals surface area contributed by atoms with Gasteiger partial charge in [-0.25, -0.2) is 4.98 Å². The van der Waals surface area contributed by atoms with Gasteiger partial charge in [-0.1, -0.05) is 18.2 Å². The molecule has 0 aliphatic carbocycles. The first-order valence-corrected chi connectivity index (χ1v) is 11.0. The summed E-state index contributed by atoms with van der Waals surface area (Å²) in [5.41, 5.74) is 0.605. The third-order valence-corrected chi connectivity index (χ3v) is 6.10. The van der Waals surface area contributed by atoms with Crippen molar-refractivity contribution in [2.75, 3.05) is 13.1 Å². The number of rotatable bonds is 8. The van der Waals surface area contributed by atoms with Crippen LogP contribution in [0.15, 0.2) is 53.2 Å². The van der Waals surface area contributed by atoms with E-state index in [2.05, 4.69) is 4.98 Å². The number of thiophene rings is 2. The Bertz CT molecular complexity index is 836. The van der Waals surface area contributed by atoms with Crippen LogP contribution in [0.25, 0.3) is 0 Å². The monoisotopic (exact) mass is 413 g/mol. The molecule has 28 heavy (non-hydrogen) atoms. The summed E-state index contributed by atoms with van der Waals surface area (Å²) in [5, 5.41) is 4.00. The largest absolute Gasteiger partial charge is 0.332 e. The van der Waals surface area contributed by atoms with Crippen LogP contribution in [0.5, 0.6) is 0 Å². The van der Waals surface area contributed by atoms with Crippen LogP contribution in [-0.2, 0) is 13.1 Å². The molecular formula is C21H23N3O2S2. The molecule has 0 saturated heterocycles. The highest BCUT2D eigenvalue weighted by molar-refractivity contribution is 7.10. The molecule has 0 atom stereocenters. The van der Waals surface area contributed by atoms with Crippen molar-refractivity contribution in [3.05, 3.63) is 74.4 Å². The molecule has 0 aliphatic heterocycles. The van der Waals surface area contributed by atoms with Crippen molar-refractivity contribution in [3.8, 4) is 0 Å². The maximum atomic E-state index is 12.9. The molecule has 3 aromatic rings. The van der Waals surface area contributed by atoms with Gasteiger partial charge in [-0.3, -0.25) is 9.59 Å². The normalized spacial score (nSPS) is 10.6. The number of pyridine rings is 1. The number of amides is 2. The summed E-state index contributed by atoms with van der Waals surface area (Å²) in [6.45, 7) is 6.14. The summed E-state index contributed by atoms with van der Waals surface area (Å²) in [6, 6.07) is 13.0. The Hall–Kier alpha value is -2.51. The number of nitrogens with zero attached hydrogens (tertiary/aromatic N) is 3. The number of carbonyl (C=O) groups is 2. The third kappa shape index (κ3) is 4.85. The predicted molar refractivity (Wildman–Crippen MR) is 114 cm³/mol. The summed E-state index contributed by atoms with van der Waals surface area (Å²) in [4.78, 5) is 36.0. The van der Waals surface area contributed by atoms with Gasteiger partial charge in [-0.05, 0) is 48.9 Å². The molecule has 0 unspecified atom stereocenters. The maximum Gasteiger partial charge on any atom is 0.272 e. The number of aromatic nitrogens is 1. The van der Waals surface area contributed by atoms with Crippen molar-refractivity contribution >= 4 is 34.5 Å². The minimum atomic E-state index is -0.160. The fraction of sp³-hybridized carbons (Fsp3) is 0.286. The van der Waals surface area contributed by atoms with Gasteiger partial charge in [0.05, 0.1) is 13.1 Å². The first kappa shape index (κ1) is 20.2. The van der Waals surface area contributed by atoms with Crippen LogP contribution in [0.3, 0.4) is 0 Å². The Kier molecular flexibility index (Phi) is 6.95. The van der Waals surface area contributed by atoms with E-state index in [0.29, 0.717) is 37.6 Å². The van der Waals surface area contributed by atoms with Gasteiger partial charge in [0.1, 0.15) is 11.4 Å². The molecule has 0 N–H and O–H groups in total. The average molecular weight is 414 g/mol. The van der Waals surface area contributed by atoms with Gasteiger partial charge in [0.2, 0.25) is 0 Å². The summed E-state index contributed by atoms with van der Waals surface area (Å²) in [7, 11) is 0. The first-order valence-electron chi connectivity index (χ1n) is 9.22. The molecule has 0 fully saturated rings. The minimum Gasteiger partial charge on any atom is -0.332 e. The second kappa shape index (κ2) is 9.61. The smallest absolute Gasteiger partial charge is 0.272 e. The molecule has 0 aromatic carbocycles. The quantitative estimate of drug-likeness (QED) is 0.545. The van der Waals surface area contributed by atoms with Crippen molar-refractivity contribution in [2.45, 2.75) is 26.9 Å². The Morgan fingerprint density at radius 3 is 1.61 bits per heavy atom. The Balaban J connectivity index is 1.76. The lowest BCUT2D eigenvalue weighted by Crippen LogP contribution is -2.33. The Morgan fingerprint density at radius 2 is 1.25 bits per heavy atom. The van der Waals surface area contributed by atoms with E-state index in [9.17, 15) is 9.59 Å². The number of hydrogen-bond donors (Lipinski definition) is 0. The van der Waals surface area contributed by atoms with Crippen LogP contribution in [0.4, 0.5) is 0 Å². The molecule has 146 valence electrons. The van der Waals surface area contributed by atoms with Crippen molar-refractivity contribution in [3.63, 3.8) is 0 Å². The van der Waals surface area contributed by atoms with Gasteiger partial charge in [0, 0.05) is 22.8 Å². The summed E-state index contributed by atoms with van der Waals surface area (Å²) < 4.78 is 0. The molecule has 2 amide bonds. The van der Waals surface area contributed by atoms with Crippen molar-refractivity contribution in [1.29, 1.82) is 0 Å². The van der Waals surface area contributed by atoms with E-state index in [-0.39, 0.29) is 11.8 Å². The van der Waals surface area contributed by atoms with E-state index in [1.807, 2.05) is 48.9 Å². The van der Waals surface area contributed by atoms with Crippen molar-refractivity contribution < 1.29 is 9.59 Å². The molecular weight excluding hydrogens is 390 g/mol. The van der Waals surface area contributed by atoms with Gasteiger partial charge in [-0.15, -0.1) is 22.7 Å². The van der Waals surface area contributed by atoms with Gasteiger partial charge < -0.3 is 9.80 Å². The van der Waals surface area contributed by atoms with Gasteiger partial charge in [-0.2, -0.15) is 0 Å². The van der Waals surface area contributed by atoms with Gasteiger partial charge >= 0.3 is 0 Å². The van der Waals surface area contributed by atoms with E-state index in [0.717, 1.165) is 9.75 Å². The standard InChI is InChI=1S/C21H23N3O2S2/c1-3-23(14-16-8-6-12-27-16)20(25)18-10-5-11-19(22-18)21(26)24(4-2)15-17-9-7-13-28-17/h5-13H,3-4,14-15H2,1-2H3. The molecule has 0 spiro atoms. The zero-order valence-electron chi connectivity index (χ0n) is 16.0. The SMILES string of the molecule is CCN(Cc1cccs1)C(=O)c1cccc(C(=O)N(CC)Cc2cccs2)n1. The molecule has 5 nitrogen and oxygen atoms in total. The van der Waals surface area contributed by atoms with Crippen molar-refractivity contribution in [2.24, 2.45) is 0 Å². The molecule has 3 rings (SSSR count). The fourth-order valence-electron chi connectivity index (χ4n) is 2.83. The van der Waals surface area contributed by atoms with Crippen molar-refractivity contribution in [1.82, 2.24) is 14.8 Å². The molecule has 0 radical (unpaired) electrons.